The average molecular weight is 684 g/mol. The highest BCUT2D eigenvalue weighted by Crippen LogP contribution is 2.35. The molecule has 3 amide bonds. The van der Waals surface area contributed by atoms with E-state index in [1.54, 1.807) is 43.6 Å². The fraction of sp³-hybridized carbons (Fsp3) is 0.167. The van der Waals surface area contributed by atoms with Crippen LogP contribution in [0, 0.1) is 13.8 Å². The van der Waals surface area contributed by atoms with Crippen molar-refractivity contribution in [2.75, 3.05) is 23.8 Å². The Balaban J connectivity index is 1.13. The number of anilines is 2. The summed E-state index contributed by atoms with van der Waals surface area (Å²) in [5.74, 6) is -0.130. The molecule has 5 aromatic rings. The summed E-state index contributed by atoms with van der Waals surface area (Å²) in [6, 6.07) is 19.9. The molecular formula is C36H32Cl2N6O4. The van der Waals surface area contributed by atoms with Crippen molar-refractivity contribution in [1.82, 2.24) is 20.3 Å². The second-order valence-electron chi connectivity index (χ2n) is 10.9. The Morgan fingerprint density at radius 2 is 1.73 bits per heavy atom. The van der Waals surface area contributed by atoms with E-state index in [0.717, 1.165) is 27.9 Å². The molecule has 2 N–H and O–H groups in total. The number of nitrogens with one attached hydrogen (secondary N) is 2. The van der Waals surface area contributed by atoms with Gasteiger partial charge < -0.3 is 20.3 Å². The molecule has 0 atom stereocenters. The summed E-state index contributed by atoms with van der Waals surface area (Å²) in [6.45, 7) is 3.57. The minimum Gasteiger partial charge on any atom is -0.487 e. The van der Waals surface area contributed by atoms with Crippen LogP contribution in [0.1, 0.15) is 28.1 Å². The standard InChI is InChI=1S/C36H32Cl2N6O4/c1-22-7-9-25(19-39-22)17-33(46)43-31-15-10-24(18-40-31)11-16-32(45)41-20-34(47)44(3)29-14-13-28(37)27(35(29)38)21-48-30-6-4-5-26-12-8-23(2)42-36(26)30/h4-16,18-19H,17,20-21H2,1-3H3,(H,41,45)(H,40,43,46)/b16-11+. The number of ether oxygens (including phenoxy) is 1. The first-order valence-corrected chi connectivity index (χ1v) is 15.7. The van der Waals surface area contributed by atoms with Gasteiger partial charge in [-0.25, -0.2) is 9.97 Å². The highest BCUT2D eigenvalue weighted by molar-refractivity contribution is 6.38. The van der Waals surface area contributed by atoms with Crippen LogP contribution in [0.2, 0.25) is 10.0 Å². The summed E-state index contributed by atoms with van der Waals surface area (Å²) in [5.41, 5.74) is 4.81. The molecular weight excluding hydrogens is 651 g/mol. The number of rotatable bonds is 11. The highest BCUT2D eigenvalue weighted by atomic mass is 35.5. The lowest BCUT2D eigenvalue weighted by molar-refractivity contribution is -0.122. The number of benzene rings is 2. The van der Waals surface area contributed by atoms with Crippen molar-refractivity contribution in [1.29, 1.82) is 0 Å². The van der Waals surface area contributed by atoms with Crippen LogP contribution < -0.4 is 20.3 Å². The lowest BCUT2D eigenvalue weighted by Gasteiger charge is -2.21. The van der Waals surface area contributed by atoms with Gasteiger partial charge in [-0.15, -0.1) is 0 Å². The largest absolute Gasteiger partial charge is 0.487 e. The molecule has 10 nitrogen and oxygen atoms in total. The molecule has 0 radical (unpaired) electrons. The Labute approximate surface area is 287 Å². The van der Waals surface area contributed by atoms with Crippen molar-refractivity contribution in [3.05, 3.63) is 123 Å². The molecule has 0 unspecified atom stereocenters. The molecule has 12 heteroatoms. The molecule has 0 aliphatic heterocycles. The van der Waals surface area contributed by atoms with Crippen LogP contribution in [0.25, 0.3) is 17.0 Å². The topological polar surface area (TPSA) is 126 Å². The number of nitrogens with zero attached hydrogens (tertiary/aromatic N) is 4. The number of likely N-dealkylation sites (N-methyl/N-ethyl adjacent to an activating group) is 1. The fourth-order valence-corrected chi connectivity index (χ4v) is 5.27. The Morgan fingerprint density at radius 3 is 2.48 bits per heavy atom. The maximum absolute atomic E-state index is 13.0. The lowest BCUT2D eigenvalue weighted by atomic mass is 10.1. The number of pyridine rings is 3. The van der Waals surface area contributed by atoms with E-state index in [9.17, 15) is 14.4 Å². The number of aromatic nitrogens is 3. The van der Waals surface area contributed by atoms with Crippen LogP contribution >= 0.6 is 23.2 Å². The van der Waals surface area contributed by atoms with Crippen molar-refractivity contribution in [2.24, 2.45) is 0 Å². The molecule has 3 aromatic heterocycles. The predicted molar refractivity (Wildman–Crippen MR) is 188 cm³/mol. The summed E-state index contributed by atoms with van der Waals surface area (Å²) in [6.07, 6.45) is 6.21. The SMILES string of the molecule is Cc1ccc(CC(=O)Nc2ccc(/C=C/C(=O)NCC(=O)N(C)c3ccc(Cl)c(COc4cccc5ccc(C)nc45)c3Cl)cn2)cn1. The monoisotopic (exact) mass is 682 g/mol. The van der Waals surface area contributed by atoms with Gasteiger partial charge in [-0.2, -0.15) is 0 Å². The maximum Gasteiger partial charge on any atom is 0.246 e. The molecule has 3 heterocycles. The van der Waals surface area contributed by atoms with Gasteiger partial charge in [0.2, 0.25) is 17.7 Å². The number of hydrogen-bond donors (Lipinski definition) is 2. The van der Waals surface area contributed by atoms with Crippen LogP contribution in [0.15, 0.2) is 85.2 Å². The third kappa shape index (κ3) is 8.72. The molecule has 48 heavy (non-hydrogen) atoms. The summed E-state index contributed by atoms with van der Waals surface area (Å²) >= 11 is 13.2. The summed E-state index contributed by atoms with van der Waals surface area (Å²) in [7, 11) is 1.56. The molecule has 0 bridgehead atoms. The van der Waals surface area contributed by atoms with E-state index in [0.29, 0.717) is 33.4 Å². The highest BCUT2D eigenvalue weighted by Gasteiger charge is 2.19. The zero-order chi connectivity index (χ0) is 34.2. The molecule has 0 saturated carbocycles. The molecule has 244 valence electrons. The number of para-hydroxylation sites is 1. The molecule has 0 aliphatic carbocycles. The van der Waals surface area contributed by atoms with E-state index in [2.05, 4.69) is 25.6 Å². The average Bonchev–Trinajstić information content (AvgIpc) is 3.07. The van der Waals surface area contributed by atoms with Crippen LogP contribution in [-0.2, 0) is 27.4 Å². The van der Waals surface area contributed by atoms with Crippen molar-refractivity contribution in [3.8, 4) is 5.75 Å². The third-order valence-corrected chi connectivity index (χ3v) is 8.10. The molecule has 2 aromatic carbocycles. The van der Waals surface area contributed by atoms with Gasteiger partial charge in [0.1, 0.15) is 23.7 Å². The lowest BCUT2D eigenvalue weighted by Crippen LogP contribution is -2.37. The number of hydrogen-bond acceptors (Lipinski definition) is 7. The zero-order valence-corrected chi connectivity index (χ0v) is 28.0. The minimum atomic E-state index is -0.476. The van der Waals surface area contributed by atoms with E-state index >= 15 is 0 Å². The van der Waals surface area contributed by atoms with Crippen molar-refractivity contribution >= 4 is 69.4 Å². The van der Waals surface area contributed by atoms with Crippen molar-refractivity contribution in [2.45, 2.75) is 26.9 Å². The Hall–Kier alpha value is -5.32. The van der Waals surface area contributed by atoms with Gasteiger partial charge in [0.15, 0.2) is 0 Å². The third-order valence-electron chi connectivity index (χ3n) is 7.33. The summed E-state index contributed by atoms with van der Waals surface area (Å²) < 4.78 is 6.08. The van der Waals surface area contributed by atoms with Gasteiger partial charge in [0, 0.05) is 52.9 Å². The van der Waals surface area contributed by atoms with E-state index in [-0.39, 0.29) is 30.5 Å². The Kier molecular flexibility index (Phi) is 11.0. The van der Waals surface area contributed by atoms with Crippen LogP contribution in [0.5, 0.6) is 5.75 Å². The number of halogens is 2. The second kappa shape index (κ2) is 15.5. The first kappa shape index (κ1) is 34.0. The van der Waals surface area contributed by atoms with Crippen molar-refractivity contribution < 1.29 is 19.1 Å². The summed E-state index contributed by atoms with van der Waals surface area (Å²) in [4.78, 5) is 52.1. The Bertz CT molecular complexity index is 2000. The number of amides is 3. The van der Waals surface area contributed by atoms with Gasteiger partial charge in [0.25, 0.3) is 0 Å². The zero-order valence-electron chi connectivity index (χ0n) is 26.5. The van der Waals surface area contributed by atoms with Gasteiger partial charge >= 0.3 is 0 Å². The van der Waals surface area contributed by atoms with Gasteiger partial charge in [-0.3, -0.25) is 19.4 Å². The minimum absolute atomic E-state index is 0.0527. The smallest absolute Gasteiger partial charge is 0.246 e. The second-order valence-corrected chi connectivity index (χ2v) is 11.7. The fourth-order valence-electron chi connectivity index (χ4n) is 4.66. The summed E-state index contributed by atoms with van der Waals surface area (Å²) in [5, 5.41) is 6.90. The van der Waals surface area contributed by atoms with Gasteiger partial charge in [-0.05, 0) is 73.5 Å². The van der Waals surface area contributed by atoms with Gasteiger partial charge in [-0.1, -0.05) is 47.5 Å². The van der Waals surface area contributed by atoms with Crippen LogP contribution in [0.3, 0.4) is 0 Å². The van der Waals surface area contributed by atoms with E-state index in [1.165, 1.54) is 17.2 Å². The first-order valence-electron chi connectivity index (χ1n) is 14.9. The van der Waals surface area contributed by atoms with Crippen molar-refractivity contribution in [3.63, 3.8) is 0 Å². The van der Waals surface area contributed by atoms with Gasteiger partial charge in [0.05, 0.1) is 23.7 Å². The predicted octanol–water partition coefficient (Wildman–Crippen LogP) is 6.50. The maximum atomic E-state index is 13.0. The number of carbonyl (C=O) groups excluding carboxylic acids is 3. The first-order chi connectivity index (χ1) is 23.1. The molecule has 0 fully saturated rings. The normalized spacial score (nSPS) is 11.0. The number of carbonyl (C=O) groups is 3. The van der Waals surface area contributed by atoms with E-state index in [1.807, 2.05) is 56.3 Å². The number of fused-ring (bicyclic) bond motifs is 1. The molecule has 0 saturated heterocycles. The van der Waals surface area contributed by atoms with Crippen LogP contribution in [-0.4, -0.2) is 46.3 Å². The quantitative estimate of drug-likeness (QED) is 0.152. The van der Waals surface area contributed by atoms with E-state index in [4.69, 9.17) is 27.9 Å². The molecule has 0 spiro atoms. The number of aryl methyl sites for hydroxylation is 2. The molecule has 5 rings (SSSR count). The van der Waals surface area contributed by atoms with E-state index < -0.39 is 11.8 Å². The molecule has 0 aliphatic rings. The Morgan fingerprint density at radius 1 is 0.917 bits per heavy atom. The van der Waals surface area contributed by atoms with Crippen LogP contribution in [0.4, 0.5) is 11.5 Å².